The second-order valence-corrected chi connectivity index (χ2v) is 11.8. The lowest BCUT2D eigenvalue weighted by atomic mass is 9.94. The Kier molecular flexibility index (Phi) is 6.58. The molecular formula is C29H28F2N6O2S. The first-order valence-electron chi connectivity index (χ1n) is 13.0. The third-order valence-electron chi connectivity index (χ3n) is 7.41. The van der Waals surface area contributed by atoms with Crippen molar-refractivity contribution < 1.29 is 18.3 Å². The zero-order valence-electron chi connectivity index (χ0n) is 22.2. The van der Waals surface area contributed by atoms with Gasteiger partial charge in [-0.3, -0.25) is 4.79 Å². The third kappa shape index (κ3) is 5.06. The number of aromatic nitrogens is 4. The van der Waals surface area contributed by atoms with Gasteiger partial charge in [-0.05, 0) is 38.5 Å². The predicted molar refractivity (Wildman–Crippen MR) is 147 cm³/mol. The summed E-state index contributed by atoms with van der Waals surface area (Å²) >= 11 is 1.31. The summed E-state index contributed by atoms with van der Waals surface area (Å²) in [5, 5.41) is 0.625. The smallest absolute Gasteiger partial charge is 0.265 e. The molecule has 2 aliphatic rings. The number of pyridine rings is 1. The molecule has 1 aliphatic heterocycles. The highest BCUT2D eigenvalue weighted by Crippen LogP contribution is 2.48. The van der Waals surface area contributed by atoms with Crippen LogP contribution in [0.15, 0.2) is 54.9 Å². The van der Waals surface area contributed by atoms with E-state index in [0.29, 0.717) is 51.6 Å². The van der Waals surface area contributed by atoms with Crippen LogP contribution in [0.25, 0.3) is 22.1 Å². The molecule has 11 heteroatoms. The molecule has 2 fully saturated rings. The third-order valence-corrected chi connectivity index (χ3v) is 8.55. The topological polar surface area (TPSA) is 107 Å². The molecule has 1 saturated carbocycles. The van der Waals surface area contributed by atoms with E-state index in [0.717, 1.165) is 5.56 Å². The number of hydrogen-bond donors (Lipinski definition) is 1. The number of aryl methyl sites for hydroxylation is 1. The summed E-state index contributed by atoms with van der Waals surface area (Å²) in [7, 11) is 0. The Morgan fingerprint density at radius 1 is 1.10 bits per heavy atom. The molecule has 4 aromatic rings. The van der Waals surface area contributed by atoms with Crippen LogP contribution in [0.1, 0.15) is 46.8 Å². The van der Waals surface area contributed by atoms with Crippen LogP contribution in [-0.4, -0.2) is 49.9 Å². The molecule has 1 aromatic carbocycles. The number of alkyl halides is 2. The average molecular weight is 563 g/mol. The van der Waals surface area contributed by atoms with Crippen LogP contribution in [0.4, 0.5) is 8.78 Å². The number of fused-ring (bicyclic) bond motifs is 1. The van der Waals surface area contributed by atoms with E-state index in [4.69, 9.17) is 10.5 Å². The van der Waals surface area contributed by atoms with Gasteiger partial charge in [0, 0.05) is 60.1 Å². The van der Waals surface area contributed by atoms with Crippen LogP contribution in [0.3, 0.4) is 0 Å². The molecule has 206 valence electrons. The van der Waals surface area contributed by atoms with Gasteiger partial charge in [-0.25, -0.2) is 28.7 Å². The molecular weight excluding hydrogens is 534 g/mol. The Balaban J connectivity index is 1.16. The number of amides is 1. The highest BCUT2D eigenvalue weighted by molar-refractivity contribution is 7.17. The molecule has 3 aromatic heterocycles. The SMILES string of the molecule is Cc1nc(-c2ncccn2)sc1C(=O)N1C[C@@H]2C(Oc3cc(C(C)(C)N)cc(-c4ccc(C(F)F)cc4)n3)[C@@H]2C1. The van der Waals surface area contributed by atoms with Crippen LogP contribution in [0.2, 0.25) is 0 Å². The summed E-state index contributed by atoms with van der Waals surface area (Å²) in [4.78, 5) is 33.4. The number of carbonyl (C=O) groups excluding carboxylic acids is 1. The number of likely N-dealkylation sites (tertiary alicyclic amines) is 1. The summed E-state index contributed by atoms with van der Waals surface area (Å²) in [5.74, 6) is 1.32. The zero-order valence-corrected chi connectivity index (χ0v) is 23.0. The van der Waals surface area contributed by atoms with Gasteiger partial charge in [0.2, 0.25) is 5.88 Å². The fourth-order valence-corrected chi connectivity index (χ4v) is 6.06. The van der Waals surface area contributed by atoms with Crippen molar-refractivity contribution >= 4 is 17.2 Å². The van der Waals surface area contributed by atoms with Crippen molar-refractivity contribution in [2.45, 2.75) is 38.8 Å². The Morgan fingerprint density at radius 2 is 1.77 bits per heavy atom. The summed E-state index contributed by atoms with van der Waals surface area (Å²) in [6.45, 7) is 6.79. The Labute approximate surface area is 234 Å². The number of nitrogens with two attached hydrogens (primary N) is 1. The number of nitrogens with zero attached hydrogens (tertiary/aromatic N) is 5. The maximum atomic E-state index is 13.3. The van der Waals surface area contributed by atoms with E-state index < -0.39 is 12.0 Å². The van der Waals surface area contributed by atoms with Gasteiger partial charge in [-0.2, -0.15) is 0 Å². The second kappa shape index (κ2) is 9.97. The van der Waals surface area contributed by atoms with Gasteiger partial charge in [0.25, 0.3) is 12.3 Å². The van der Waals surface area contributed by atoms with Crippen molar-refractivity contribution in [3.63, 3.8) is 0 Å². The number of ether oxygens (including phenoxy) is 1. The first-order chi connectivity index (χ1) is 19.1. The standard InChI is InChI=1S/C29H28F2N6O2S/c1-15-24(40-27(35-15)26-33-9-4-10-34-26)28(38)37-13-19-20(14-37)23(19)39-22-12-18(29(2,3)32)11-21(36-22)16-5-7-17(8-6-16)25(30)31/h4-12,19-20,23,25H,13-14,32H2,1-3H3/t19-,20+,23?. The van der Waals surface area contributed by atoms with E-state index in [2.05, 4.69) is 19.9 Å². The van der Waals surface area contributed by atoms with Gasteiger partial charge in [-0.1, -0.05) is 24.3 Å². The fraction of sp³-hybridized carbons (Fsp3) is 0.345. The fourth-order valence-electron chi connectivity index (χ4n) is 5.08. The van der Waals surface area contributed by atoms with Crippen LogP contribution in [0.5, 0.6) is 5.88 Å². The normalized spacial score (nSPS) is 20.1. The quantitative estimate of drug-likeness (QED) is 0.328. The lowest BCUT2D eigenvalue weighted by molar-refractivity contribution is 0.0755. The van der Waals surface area contributed by atoms with Gasteiger partial charge in [0.1, 0.15) is 11.0 Å². The van der Waals surface area contributed by atoms with E-state index in [1.165, 1.54) is 23.5 Å². The Morgan fingerprint density at radius 3 is 2.40 bits per heavy atom. The van der Waals surface area contributed by atoms with Gasteiger partial charge in [0.15, 0.2) is 10.8 Å². The van der Waals surface area contributed by atoms with E-state index in [1.807, 2.05) is 37.8 Å². The van der Waals surface area contributed by atoms with Crippen LogP contribution < -0.4 is 10.5 Å². The van der Waals surface area contributed by atoms with Crippen molar-refractivity contribution in [2.24, 2.45) is 17.6 Å². The number of halogens is 2. The summed E-state index contributed by atoms with van der Waals surface area (Å²) in [6.07, 6.45) is 0.716. The van der Waals surface area contributed by atoms with Crippen molar-refractivity contribution in [1.29, 1.82) is 0 Å². The minimum absolute atomic E-state index is 0.0392. The van der Waals surface area contributed by atoms with E-state index in [9.17, 15) is 13.6 Å². The predicted octanol–water partition coefficient (Wildman–Crippen LogP) is 5.25. The van der Waals surface area contributed by atoms with Crippen molar-refractivity contribution in [1.82, 2.24) is 24.8 Å². The number of piperidine rings is 1. The Hall–Kier alpha value is -3.83. The lowest BCUT2D eigenvalue weighted by Crippen LogP contribution is -2.33. The summed E-state index contributed by atoms with van der Waals surface area (Å²) < 4.78 is 32.4. The molecule has 0 radical (unpaired) electrons. The second-order valence-electron chi connectivity index (χ2n) is 10.8. The monoisotopic (exact) mass is 562 g/mol. The van der Waals surface area contributed by atoms with Crippen LogP contribution in [0, 0.1) is 18.8 Å². The van der Waals surface area contributed by atoms with Crippen LogP contribution in [-0.2, 0) is 5.54 Å². The molecule has 8 nitrogen and oxygen atoms in total. The molecule has 0 spiro atoms. The molecule has 4 heterocycles. The molecule has 6 rings (SSSR count). The largest absolute Gasteiger partial charge is 0.474 e. The van der Waals surface area contributed by atoms with Crippen molar-refractivity contribution in [3.05, 3.63) is 76.6 Å². The number of rotatable bonds is 7. The van der Waals surface area contributed by atoms with Gasteiger partial charge in [-0.15, -0.1) is 11.3 Å². The van der Waals surface area contributed by atoms with Crippen LogP contribution >= 0.6 is 11.3 Å². The van der Waals surface area contributed by atoms with Crippen molar-refractivity contribution in [3.8, 4) is 28.0 Å². The zero-order chi connectivity index (χ0) is 28.2. The van der Waals surface area contributed by atoms with Gasteiger partial charge >= 0.3 is 0 Å². The summed E-state index contributed by atoms with van der Waals surface area (Å²) in [5.41, 5.74) is 8.50. The van der Waals surface area contributed by atoms with Gasteiger partial charge < -0.3 is 15.4 Å². The summed E-state index contributed by atoms with van der Waals surface area (Å²) in [6, 6.07) is 11.5. The number of benzene rings is 1. The number of hydrogen-bond acceptors (Lipinski definition) is 8. The maximum absolute atomic E-state index is 13.3. The number of carbonyl (C=O) groups is 1. The Bertz CT molecular complexity index is 1540. The maximum Gasteiger partial charge on any atom is 0.265 e. The van der Waals surface area contributed by atoms with E-state index >= 15 is 0 Å². The first kappa shape index (κ1) is 26.4. The molecule has 40 heavy (non-hydrogen) atoms. The molecule has 1 aliphatic carbocycles. The first-order valence-corrected chi connectivity index (χ1v) is 13.8. The highest BCUT2D eigenvalue weighted by Gasteiger charge is 2.59. The minimum Gasteiger partial charge on any atom is -0.474 e. The number of thiazole rings is 1. The van der Waals surface area contributed by atoms with E-state index in [1.54, 1.807) is 30.6 Å². The van der Waals surface area contributed by atoms with Gasteiger partial charge in [0.05, 0.1) is 11.4 Å². The van der Waals surface area contributed by atoms with E-state index in [-0.39, 0.29) is 29.4 Å². The van der Waals surface area contributed by atoms with Crippen molar-refractivity contribution in [2.75, 3.05) is 13.1 Å². The molecule has 3 atom stereocenters. The molecule has 1 amide bonds. The molecule has 2 N–H and O–H groups in total. The lowest BCUT2D eigenvalue weighted by Gasteiger charge is -2.22. The molecule has 0 bridgehead atoms. The molecule has 1 saturated heterocycles. The highest BCUT2D eigenvalue weighted by atomic mass is 32.1. The average Bonchev–Trinajstić information content (AvgIpc) is 3.25. The minimum atomic E-state index is -2.53. The molecule has 1 unspecified atom stereocenters.